The van der Waals surface area contributed by atoms with Crippen molar-refractivity contribution in [3.63, 3.8) is 0 Å². The molecule has 0 spiro atoms. The first kappa shape index (κ1) is 13.6. The van der Waals surface area contributed by atoms with E-state index >= 15 is 0 Å². The molecule has 5 nitrogen and oxygen atoms in total. The molecule has 2 aromatic rings. The van der Waals surface area contributed by atoms with E-state index in [9.17, 15) is 9.59 Å². The number of amides is 1. The van der Waals surface area contributed by atoms with E-state index in [1.165, 1.54) is 21.9 Å². The molecule has 1 fully saturated rings. The molecule has 1 aliphatic heterocycles. The molecule has 0 radical (unpaired) electrons. The highest BCUT2D eigenvalue weighted by Gasteiger charge is 2.31. The summed E-state index contributed by atoms with van der Waals surface area (Å²) < 4.78 is 1.44. The van der Waals surface area contributed by atoms with E-state index in [0.29, 0.717) is 11.5 Å². The van der Waals surface area contributed by atoms with Crippen LogP contribution < -0.4 is 5.56 Å². The zero-order chi connectivity index (χ0) is 14.1. The lowest BCUT2D eigenvalue weighted by atomic mass is 10.2. The predicted molar refractivity (Wildman–Crippen MR) is 81.5 cm³/mol. The predicted octanol–water partition coefficient (Wildman–Crippen LogP) is 2.07. The molecule has 106 valence electrons. The molecule has 7 heteroatoms. The first-order chi connectivity index (χ1) is 9.72. The molecule has 1 saturated heterocycles. The number of nitrogens with zero attached hydrogens (tertiary/aromatic N) is 3. The molecule has 0 saturated carbocycles. The van der Waals surface area contributed by atoms with Gasteiger partial charge in [-0.1, -0.05) is 13.3 Å². The van der Waals surface area contributed by atoms with Gasteiger partial charge in [-0.25, -0.2) is 4.98 Å². The Balaban J connectivity index is 1.96. The van der Waals surface area contributed by atoms with Crippen molar-refractivity contribution >= 4 is 34.0 Å². The number of hydrogen-bond donors (Lipinski definition) is 0. The maximum atomic E-state index is 12.6. The second kappa shape index (κ2) is 5.57. The smallest absolute Gasteiger partial charge is 0.271 e. The van der Waals surface area contributed by atoms with Gasteiger partial charge in [0.25, 0.3) is 11.5 Å². The van der Waals surface area contributed by atoms with E-state index in [1.807, 2.05) is 4.90 Å². The quantitative estimate of drug-likeness (QED) is 0.871. The Labute approximate surface area is 124 Å². The topological polar surface area (TPSA) is 54.7 Å². The summed E-state index contributed by atoms with van der Waals surface area (Å²) in [5.41, 5.74) is -0.0992. The first-order valence-corrected chi connectivity index (χ1v) is 8.52. The average Bonchev–Trinajstić information content (AvgIpc) is 3.07. The zero-order valence-corrected chi connectivity index (χ0v) is 12.7. The average molecular weight is 309 g/mol. The zero-order valence-electron chi connectivity index (χ0n) is 11.1. The van der Waals surface area contributed by atoms with Gasteiger partial charge >= 0.3 is 0 Å². The van der Waals surface area contributed by atoms with Crippen molar-refractivity contribution in [3.05, 3.63) is 33.7 Å². The van der Waals surface area contributed by atoms with Gasteiger partial charge < -0.3 is 4.90 Å². The first-order valence-electron chi connectivity index (χ1n) is 6.60. The number of hydrogen-bond acceptors (Lipinski definition) is 5. The van der Waals surface area contributed by atoms with Gasteiger partial charge in [-0.15, -0.1) is 23.1 Å². The number of rotatable bonds is 3. The van der Waals surface area contributed by atoms with Crippen LogP contribution in [0.1, 0.15) is 30.1 Å². The molecule has 0 aliphatic carbocycles. The molecule has 0 aromatic carbocycles. The Hall–Kier alpha value is -1.34. The van der Waals surface area contributed by atoms with Gasteiger partial charge in [0, 0.05) is 30.1 Å². The summed E-state index contributed by atoms with van der Waals surface area (Å²) in [6.45, 7) is 2.81. The second-order valence-electron chi connectivity index (χ2n) is 4.65. The van der Waals surface area contributed by atoms with E-state index in [4.69, 9.17) is 0 Å². The van der Waals surface area contributed by atoms with Crippen LogP contribution in [0.15, 0.2) is 22.6 Å². The van der Waals surface area contributed by atoms with E-state index in [2.05, 4.69) is 11.9 Å². The van der Waals surface area contributed by atoms with Gasteiger partial charge in [0.1, 0.15) is 5.56 Å². The summed E-state index contributed by atoms with van der Waals surface area (Å²) in [5, 5.41) is 1.99. The Morgan fingerprint density at radius 3 is 3.20 bits per heavy atom. The van der Waals surface area contributed by atoms with Crippen LogP contribution in [0.4, 0.5) is 0 Å². The minimum absolute atomic E-state index is 0.171. The van der Waals surface area contributed by atoms with Crippen LogP contribution in [0.2, 0.25) is 0 Å². The SMILES string of the molecule is CCCC1SCCN1C(=O)c1cnc2sccn2c1=O. The van der Waals surface area contributed by atoms with Crippen LogP contribution in [0.3, 0.4) is 0 Å². The minimum Gasteiger partial charge on any atom is -0.326 e. The summed E-state index contributed by atoms with van der Waals surface area (Å²) in [6.07, 6.45) is 5.07. The molecular formula is C13H15N3O2S2. The van der Waals surface area contributed by atoms with Crippen molar-refractivity contribution < 1.29 is 4.79 Å². The largest absolute Gasteiger partial charge is 0.326 e. The van der Waals surface area contributed by atoms with Crippen LogP contribution in [0, 0.1) is 0 Å². The maximum absolute atomic E-state index is 12.6. The van der Waals surface area contributed by atoms with E-state index < -0.39 is 0 Å². The van der Waals surface area contributed by atoms with Gasteiger partial charge in [0.15, 0.2) is 4.96 Å². The number of thioether (sulfide) groups is 1. The van der Waals surface area contributed by atoms with Crippen molar-refractivity contribution in [2.75, 3.05) is 12.3 Å². The summed E-state index contributed by atoms with van der Waals surface area (Å²) in [5.74, 6) is 0.748. The standard InChI is InChI=1S/C13H15N3O2S2/c1-2-3-10-15(4-6-19-10)11(17)9-8-14-13-16(12(9)18)5-7-20-13/h5,7-8,10H,2-4,6H2,1H3. The minimum atomic E-state index is -0.270. The normalized spacial score (nSPS) is 18.9. The number of aromatic nitrogens is 2. The molecule has 3 heterocycles. The van der Waals surface area contributed by atoms with Gasteiger partial charge in [-0.2, -0.15) is 0 Å². The molecule has 1 unspecified atom stereocenters. The lowest BCUT2D eigenvalue weighted by Crippen LogP contribution is -2.38. The molecule has 0 bridgehead atoms. The van der Waals surface area contributed by atoms with Crippen molar-refractivity contribution in [2.45, 2.75) is 25.1 Å². The van der Waals surface area contributed by atoms with Crippen LogP contribution >= 0.6 is 23.1 Å². The number of thiazole rings is 1. The van der Waals surface area contributed by atoms with Crippen molar-refractivity contribution in [2.24, 2.45) is 0 Å². The molecule has 1 atom stereocenters. The third-order valence-corrected chi connectivity index (χ3v) is 5.42. The number of carbonyl (C=O) groups is 1. The summed E-state index contributed by atoms with van der Waals surface area (Å²) in [6, 6.07) is 0. The molecule has 2 aromatic heterocycles. The Bertz CT molecular complexity index is 694. The van der Waals surface area contributed by atoms with Crippen molar-refractivity contribution in [1.82, 2.24) is 14.3 Å². The van der Waals surface area contributed by atoms with Gasteiger partial charge in [0.05, 0.1) is 5.37 Å². The van der Waals surface area contributed by atoms with E-state index in [1.54, 1.807) is 23.3 Å². The molecular weight excluding hydrogens is 294 g/mol. The third kappa shape index (κ3) is 2.25. The summed E-state index contributed by atoms with van der Waals surface area (Å²) in [4.78, 5) is 31.5. The fourth-order valence-electron chi connectivity index (χ4n) is 2.37. The van der Waals surface area contributed by atoms with E-state index in [-0.39, 0.29) is 22.4 Å². The van der Waals surface area contributed by atoms with Crippen LogP contribution in [0.5, 0.6) is 0 Å². The second-order valence-corrected chi connectivity index (χ2v) is 6.80. The molecule has 20 heavy (non-hydrogen) atoms. The van der Waals surface area contributed by atoms with Crippen LogP contribution in [0.25, 0.3) is 4.96 Å². The fraction of sp³-hybridized carbons (Fsp3) is 0.462. The fourth-order valence-corrected chi connectivity index (χ4v) is 4.40. The Kier molecular flexibility index (Phi) is 3.80. The Morgan fingerprint density at radius 2 is 2.40 bits per heavy atom. The number of fused-ring (bicyclic) bond motifs is 1. The summed E-state index contributed by atoms with van der Waals surface area (Å²) >= 11 is 3.17. The monoisotopic (exact) mass is 309 g/mol. The van der Waals surface area contributed by atoms with Gasteiger partial charge in [-0.05, 0) is 6.42 Å². The molecule has 3 rings (SSSR count). The third-order valence-electron chi connectivity index (χ3n) is 3.36. The maximum Gasteiger partial charge on any atom is 0.271 e. The highest BCUT2D eigenvalue weighted by molar-refractivity contribution is 8.00. The van der Waals surface area contributed by atoms with E-state index in [0.717, 1.165) is 18.6 Å². The number of carbonyl (C=O) groups excluding carboxylic acids is 1. The highest BCUT2D eigenvalue weighted by Crippen LogP contribution is 2.28. The molecule has 1 aliphatic rings. The van der Waals surface area contributed by atoms with Crippen LogP contribution in [-0.2, 0) is 0 Å². The lowest BCUT2D eigenvalue weighted by molar-refractivity contribution is 0.0754. The lowest BCUT2D eigenvalue weighted by Gasteiger charge is -2.22. The molecule has 0 N–H and O–H groups in total. The van der Waals surface area contributed by atoms with Crippen molar-refractivity contribution in [1.29, 1.82) is 0 Å². The Morgan fingerprint density at radius 1 is 1.55 bits per heavy atom. The van der Waals surface area contributed by atoms with Gasteiger partial charge in [0.2, 0.25) is 0 Å². The van der Waals surface area contributed by atoms with Gasteiger partial charge in [-0.3, -0.25) is 14.0 Å². The highest BCUT2D eigenvalue weighted by atomic mass is 32.2. The van der Waals surface area contributed by atoms with Crippen molar-refractivity contribution in [3.8, 4) is 0 Å². The van der Waals surface area contributed by atoms with Crippen LogP contribution in [-0.4, -0.2) is 37.9 Å². The molecule has 1 amide bonds. The summed E-state index contributed by atoms with van der Waals surface area (Å²) in [7, 11) is 0.